The Kier molecular flexibility index (Phi) is 6.30. The average Bonchev–Trinajstić information content (AvgIpc) is 2.54. The monoisotopic (exact) mass is 388 g/mol. The van der Waals surface area contributed by atoms with Gasteiger partial charge in [-0.25, -0.2) is 25.9 Å². The standard InChI is InChI=1S/C17H28N2O4S2/c1-17(2,3)15-7-9-16(10-8-15)25(22,23)18-11-14-24(20,21)19-12-5-4-6-13-19/h7-10,18H,4-6,11-14H2,1-3H3. The summed E-state index contributed by atoms with van der Waals surface area (Å²) >= 11 is 0. The van der Waals surface area contributed by atoms with Crippen LogP contribution >= 0.6 is 0 Å². The zero-order chi connectivity index (χ0) is 18.7. The first-order chi connectivity index (χ1) is 11.5. The van der Waals surface area contributed by atoms with Gasteiger partial charge in [0.1, 0.15) is 0 Å². The second-order valence-electron chi connectivity index (χ2n) is 7.45. The molecule has 0 bridgehead atoms. The van der Waals surface area contributed by atoms with Crippen LogP contribution in [0, 0.1) is 0 Å². The maximum atomic E-state index is 12.3. The minimum atomic E-state index is -3.71. The van der Waals surface area contributed by atoms with E-state index >= 15 is 0 Å². The molecular weight excluding hydrogens is 360 g/mol. The number of rotatable bonds is 6. The fraction of sp³-hybridized carbons (Fsp3) is 0.647. The smallest absolute Gasteiger partial charge is 0.212 e. The summed E-state index contributed by atoms with van der Waals surface area (Å²) in [6, 6.07) is 6.70. The summed E-state index contributed by atoms with van der Waals surface area (Å²) in [5, 5.41) is 0. The topological polar surface area (TPSA) is 83.5 Å². The normalized spacial score (nSPS) is 17.6. The van der Waals surface area contributed by atoms with Gasteiger partial charge in [-0.1, -0.05) is 39.3 Å². The van der Waals surface area contributed by atoms with Crippen LogP contribution in [0.4, 0.5) is 0 Å². The van der Waals surface area contributed by atoms with Crippen LogP contribution in [0.1, 0.15) is 45.6 Å². The van der Waals surface area contributed by atoms with E-state index in [-0.39, 0.29) is 22.6 Å². The fourth-order valence-corrected chi connectivity index (χ4v) is 5.39. The molecule has 142 valence electrons. The van der Waals surface area contributed by atoms with Crippen molar-refractivity contribution in [3.05, 3.63) is 29.8 Å². The van der Waals surface area contributed by atoms with Crippen LogP contribution in [-0.2, 0) is 25.5 Å². The highest BCUT2D eigenvalue weighted by atomic mass is 32.2. The highest BCUT2D eigenvalue weighted by molar-refractivity contribution is 7.90. The molecule has 1 aromatic rings. The second kappa shape index (κ2) is 7.73. The summed E-state index contributed by atoms with van der Waals surface area (Å²) in [5.74, 6) is -0.216. The van der Waals surface area contributed by atoms with E-state index in [0.717, 1.165) is 24.8 Å². The molecular formula is C17H28N2O4S2. The molecule has 0 aromatic heterocycles. The van der Waals surface area contributed by atoms with Gasteiger partial charge in [0, 0.05) is 19.6 Å². The number of piperidine rings is 1. The van der Waals surface area contributed by atoms with Gasteiger partial charge in [0.05, 0.1) is 10.6 Å². The van der Waals surface area contributed by atoms with E-state index < -0.39 is 20.0 Å². The molecule has 1 aliphatic heterocycles. The van der Waals surface area contributed by atoms with Gasteiger partial charge >= 0.3 is 0 Å². The third-order valence-corrected chi connectivity index (χ3v) is 7.74. The van der Waals surface area contributed by atoms with E-state index in [0.29, 0.717) is 13.1 Å². The summed E-state index contributed by atoms with van der Waals surface area (Å²) in [6.45, 7) is 7.11. The third-order valence-electron chi connectivity index (χ3n) is 4.39. The molecule has 1 saturated heterocycles. The first-order valence-corrected chi connectivity index (χ1v) is 11.7. The number of benzene rings is 1. The van der Waals surface area contributed by atoms with E-state index in [2.05, 4.69) is 25.5 Å². The Morgan fingerprint density at radius 3 is 2.04 bits per heavy atom. The van der Waals surface area contributed by atoms with Crippen molar-refractivity contribution in [2.24, 2.45) is 0 Å². The van der Waals surface area contributed by atoms with Gasteiger partial charge in [-0.05, 0) is 36.0 Å². The van der Waals surface area contributed by atoms with Crippen molar-refractivity contribution >= 4 is 20.0 Å². The summed E-state index contributed by atoms with van der Waals surface area (Å²) in [5.41, 5.74) is 0.984. The van der Waals surface area contributed by atoms with E-state index in [4.69, 9.17) is 0 Å². The zero-order valence-corrected chi connectivity index (χ0v) is 16.8. The van der Waals surface area contributed by atoms with Crippen LogP contribution in [0.3, 0.4) is 0 Å². The van der Waals surface area contributed by atoms with Gasteiger partial charge in [-0.15, -0.1) is 0 Å². The number of nitrogens with one attached hydrogen (secondary N) is 1. The highest BCUT2D eigenvalue weighted by Gasteiger charge is 2.24. The Labute approximate surface area is 151 Å². The third kappa shape index (κ3) is 5.51. The van der Waals surface area contributed by atoms with E-state index in [1.807, 2.05) is 0 Å². The molecule has 1 aromatic carbocycles. The highest BCUT2D eigenvalue weighted by Crippen LogP contribution is 2.23. The molecule has 25 heavy (non-hydrogen) atoms. The maximum Gasteiger partial charge on any atom is 0.240 e. The lowest BCUT2D eigenvalue weighted by molar-refractivity contribution is 0.346. The van der Waals surface area contributed by atoms with Crippen LogP contribution in [0.2, 0.25) is 0 Å². The second-order valence-corrected chi connectivity index (χ2v) is 11.3. The molecule has 1 fully saturated rings. The maximum absolute atomic E-state index is 12.3. The summed E-state index contributed by atoms with van der Waals surface area (Å²) in [6.07, 6.45) is 2.78. The Hall–Kier alpha value is -0.960. The van der Waals surface area contributed by atoms with Crippen molar-refractivity contribution < 1.29 is 16.8 Å². The van der Waals surface area contributed by atoms with Crippen LogP contribution in [-0.4, -0.2) is 46.5 Å². The molecule has 1 N–H and O–H groups in total. The van der Waals surface area contributed by atoms with Gasteiger partial charge in [0.2, 0.25) is 20.0 Å². The summed E-state index contributed by atoms with van der Waals surface area (Å²) in [4.78, 5) is 0.149. The summed E-state index contributed by atoms with van der Waals surface area (Å²) < 4.78 is 53.0. The van der Waals surface area contributed by atoms with Crippen LogP contribution < -0.4 is 4.72 Å². The molecule has 6 nitrogen and oxygen atoms in total. The number of nitrogens with zero attached hydrogens (tertiary/aromatic N) is 1. The molecule has 0 radical (unpaired) electrons. The molecule has 0 unspecified atom stereocenters. The van der Waals surface area contributed by atoms with Crippen LogP contribution in [0.15, 0.2) is 29.2 Å². The van der Waals surface area contributed by atoms with E-state index in [1.54, 1.807) is 24.3 Å². The van der Waals surface area contributed by atoms with Crippen molar-refractivity contribution in [1.82, 2.24) is 9.03 Å². The summed E-state index contributed by atoms with van der Waals surface area (Å²) in [7, 11) is -7.12. The van der Waals surface area contributed by atoms with Crippen molar-refractivity contribution in [1.29, 1.82) is 0 Å². The lowest BCUT2D eigenvalue weighted by atomic mass is 9.87. The van der Waals surface area contributed by atoms with E-state index in [1.165, 1.54) is 4.31 Å². The molecule has 0 spiro atoms. The quantitative estimate of drug-likeness (QED) is 0.809. The lowest BCUT2D eigenvalue weighted by Gasteiger charge is -2.25. The van der Waals surface area contributed by atoms with E-state index in [9.17, 15) is 16.8 Å². The van der Waals surface area contributed by atoms with Gasteiger partial charge < -0.3 is 0 Å². The van der Waals surface area contributed by atoms with Crippen LogP contribution in [0.25, 0.3) is 0 Å². The molecule has 0 amide bonds. The van der Waals surface area contributed by atoms with Crippen molar-refractivity contribution in [2.45, 2.75) is 50.3 Å². The first-order valence-electron chi connectivity index (χ1n) is 8.60. The van der Waals surface area contributed by atoms with Gasteiger partial charge in [0.15, 0.2) is 0 Å². The molecule has 0 saturated carbocycles. The Balaban J connectivity index is 1.97. The van der Waals surface area contributed by atoms with Gasteiger partial charge in [-0.3, -0.25) is 0 Å². The van der Waals surface area contributed by atoms with Gasteiger partial charge in [0.25, 0.3) is 0 Å². The SMILES string of the molecule is CC(C)(C)c1ccc(S(=O)(=O)NCCS(=O)(=O)N2CCCCC2)cc1. The van der Waals surface area contributed by atoms with Crippen molar-refractivity contribution in [3.63, 3.8) is 0 Å². The zero-order valence-electron chi connectivity index (χ0n) is 15.2. The number of hydrogen-bond acceptors (Lipinski definition) is 4. The number of hydrogen-bond donors (Lipinski definition) is 1. The molecule has 1 heterocycles. The molecule has 0 aliphatic carbocycles. The average molecular weight is 389 g/mol. The van der Waals surface area contributed by atoms with Crippen molar-refractivity contribution in [2.75, 3.05) is 25.4 Å². The van der Waals surface area contributed by atoms with Crippen molar-refractivity contribution in [3.8, 4) is 0 Å². The predicted molar refractivity (Wildman–Crippen MR) is 99.5 cm³/mol. The van der Waals surface area contributed by atoms with Gasteiger partial charge in [-0.2, -0.15) is 0 Å². The first kappa shape index (κ1) is 20.4. The Morgan fingerprint density at radius 1 is 0.960 bits per heavy atom. The molecule has 0 atom stereocenters. The molecule has 8 heteroatoms. The Bertz CT molecular complexity index is 773. The molecule has 2 rings (SSSR count). The van der Waals surface area contributed by atoms with Crippen LogP contribution in [0.5, 0.6) is 0 Å². The Morgan fingerprint density at radius 2 is 1.52 bits per heavy atom. The largest absolute Gasteiger partial charge is 0.240 e. The minimum absolute atomic E-state index is 0.0573. The predicted octanol–water partition coefficient (Wildman–Crippen LogP) is 2.08. The lowest BCUT2D eigenvalue weighted by Crippen LogP contribution is -2.40. The number of sulfonamides is 2. The molecule has 1 aliphatic rings. The fourth-order valence-electron chi connectivity index (χ4n) is 2.79. The minimum Gasteiger partial charge on any atom is -0.212 e.